The fraction of sp³-hybridized carbons (Fsp3) is 0.364. The summed E-state index contributed by atoms with van der Waals surface area (Å²) in [6.45, 7) is 4.13. The van der Waals surface area contributed by atoms with Gasteiger partial charge in [-0.05, 0) is 67.1 Å². The predicted molar refractivity (Wildman–Crippen MR) is 111 cm³/mol. The second kappa shape index (κ2) is 10.5. The molecule has 158 valence electrons. The molecule has 0 saturated heterocycles. The van der Waals surface area contributed by atoms with Crippen LogP contribution in [0.5, 0.6) is 11.5 Å². The molecule has 0 amide bonds. The number of aliphatic hydroxyl groups is 1. The first kappa shape index (κ1) is 21.4. The van der Waals surface area contributed by atoms with Crippen molar-refractivity contribution in [2.75, 3.05) is 13.2 Å². The average molecular weight is 410 g/mol. The number of carbonyl (C=O) groups is 1. The number of aliphatic hydroxyl groups excluding tert-OH is 1. The number of aromatic nitrogens is 4. The van der Waals surface area contributed by atoms with Crippen LogP contribution in [0.3, 0.4) is 0 Å². The van der Waals surface area contributed by atoms with Crippen molar-refractivity contribution in [3.05, 3.63) is 54.1 Å². The first-order valence-electron chi connectivity index (χ1n) is 9.95. The summed E-state index contributed by atoms with van der Waals surface area (Å²) in [6.07, 6.45) is 1.07. The number of ketones is 1. The van der Waals surface area contributed by atoms with Gasteiger partial charge in [-0.2, -0.15) is 5.21 Å². The van der Waals surface area contributed by atoms with E-state index >= 15 is 0 Å². The quantitative estimate of drug-likeness (QED) is 0.467. The molecule has 8 nitrogen and oxygen atoms in total. The van der Waals surface area contributed by atoms with Crippen LogP contribution in [0, 0.1) is 5.92 Å². The van der Waals surface area contributed by atoms with E-state index in [1.165, 1.54) is 6.92 Å². The second-order valence-corrected chi connectivity index (χ2v) is 7.08. The molecule has 0 aliphatic rings. The minimum atomic E-state index is -0.670. The third kappa shape index (κ3) is 5.87. The largest absolute Gasteiger partial charge is 0.493 e. The number of carbonyl (C=O) groups excluding carboxylic acids is 1. The molecular weight excluding hydrogens is 384 g/mol. The van der Waals surface area contributed by atoms with E-state index < -0.39 is 6.10 Å². The van der Waals surface area contributed by atoms with Gasteiger partial charge in [0.2, 0.25) is 5.82 Å². The smallest absolute Gasteiger partial charge is 0.204 e. The molecule has 2 unspecified atom stereocenters. The predicted octanol–water partition coefficient (Wildman–Crippen LogP) is 3.30. The summed E-state index contributed by atoms with van der Waals surface area (Å²) in [5.74, 6) is 1.79. The molecule has 0 spiro atoms. The number of H-pyrrole nitrogens is 1. The number of hydrogen-bond donors (Lipinski definition) is 2. The Bertz CT molecular complexity index is 911. The third-order valence-electron chi connectivity index (χ3n) is 4.81. The summed E-state index contributed by atoms with van der Waals surface area (Å²) in [4.78, 5) is 11.3. The molecular formula is C22H26N4O4. The molecule has 0 saturated carbocycles. The van der Waals surface area contributed by atoms with Gasteiger partial charge in [-0.25, -0.2) is 0 Å². The summed E-state index contributed by atoms with van der Waals surface area (Å²) in [6, 6.07) is 14.3. The van der Waals surface area contributed by atoms with Gasteiger partial charge in [0.05, 0.1) is 12.7 Å². The highest BCUT2D eigenvalue weighted by molar-refractivity contribution is 5.94. The van der Waals surface area contributed by atoms with Crippen LogP contribution in [-0.4, -0.2) is 50.8 Å². The number of hydrogen-bond acceptors (Lipinski definition) is 7. The number of aromatic amines is 1. The van der Waals surface area contributed by atoms with Crippen LogP contribution in [-0.2, 0) is 0 Å². The van der Waals surface area contributed by atoms with Gasteiger partial charge in [0.1, 0.15) is 18.1 Å². The molecule has 30 heavy (non-hydrogen) atoms. The number of tetrazole rings is 1. The molecule has 2 atom stereocenters. The van der Waals surface area contributed by atoms with Gasteiger partial charge < -0.3 is 14.6 Å². The molecule has 3 rings (SSSR count). The van der Waals surface area contributed by atoms with Gasteiger partial charge in [-0.15, -0.1) is 10.2 Å². The van der Waals surface area contributed by atoms with Crippen LogP contribution >= 0.6 is 0 Å². The molecule has 1 heterocycles. The first-order chi connectivity index (χ1) is 14.6. The molecule has 3 aromatic rings. The van der Waals surface area contributed by atoms with Crippen LogP contribution in [0.2, 0.25) is 0 Å². The number of rotatable bonds is 11. The minimum absolute atomic E-state index is 0.00654. The van der Waals surface area contributed by atoms with Crippen molar-refractivity contribution in [2.24, 2.45) is 5.92 Å². The number of benzene rings is 2. The lowest BCUT2D eigenvalue weighted by molar-refractivity contribution is 0.0316. The summed E-state index contributed by atoms with van der Waals surface area (Å²) in [5.41, 5.74) is 1.47. The Kier molecular flexibility index (Phi) is 7.51. The zero-order chi connectivity index (χ0) is 21.3. The average Bonchev–Trinajstić information content (AvgIpc) is 3.30. The van der Waals surface area contributed by atoms with Gasteiger partial charge in [0, 0.05) is 17.0 Å². The molecule has 8 heteroatoms. The summed E-state index contributed by atoms with van der Waals surface area (Å²) >= 11 is 0. The van der Waals surface area contributed by atoms with Gasteiger partial charge in [-0.3, -0.25) is 4.79 Å². The van der Waals surface area contributed by atoms with E-state index in [2.05, 4.69) is 27.5 Å². The van der Waals surface area contributed by atoms with Crippen molar-refractivity contribution in [1.82, 2.24) is 20.6 Å². The lowest BCUT2D eigenvalue weighted by Crippen LogP contribution is -2.31. The zero-order valence-electron chi connectivity index (χ0n) is 17.1. The Hall–Kier alpha value is -3.26. The lowest BCUT2D eigenvalue weighted by atomic mass is 9.98. The van der Waals surface area contributed by atoms with E-state index in [-0.39, 0.29) is 18.3 Å². The van der Waals surface area contributed by atoms with Crippen molar-refractivity contribution >= 4 is 5.78 Å². The number of nitrogens with zero attached hydrogens (tertiary/aromatic N) is 3. The van der Waals surface area contributed by atoms with E-state index in [9.17, 15) is 9.90 Å². The lowest BCUT2D eigenvalue weighted by Gasteiger charge is -2.23. The fourth-order valence-corrected chi connectivity index (χ4v) is 3.05. The second-order valence-electron chi connectivity index (χ2n) is 7.08. The van der Waals surface area contributed by atoms with Crippen molar-refractivity contribution in [3.63, 3.8) is 0 Å². The molecule has 1 aromatic heterocycles. The molecule has 0 bridgehead atoms. The van der Waals surface area contributed by atoms with Gasteiger partial charge in [0.25, 0.3) is 0 Å². The number of ether oxygens (including phenoxy) is 2. The zero-order valence-corrected chi connectivity index (χ0v) is 17.1. The maximum absolute atomic E-state index is 11.3. The maximum atomic E-state index is 11.3. The van der Waals surface area contributed by atoms with Gasteiger partial charge in [-0.1, -0.05) is 13.3 Å². The van der Waals surface area contributed by atoms with Gasteiger partial charge >= 0.3 is 0 Å². The van der Waals surface area contributed by atoms with Crippen LogP contribution < -0.4 is 9.47 Å². The van der Waals surface area contributed by atoms with E-state index in [0.29, 0.717) is 29.5 Å². The molecule has 0 fully saturated rings. The van der Waals surface area contributed by atoms with Crippen molar-refractivity contribution in [2.45, 2.75) is 32.8 Å². The maximum Gasteiger partial charge on any atom is 0.204 e. The monoisotopic (exact) mass is 410 g/mol. The Morgan fingerprint density at radius 3 is 2.23 bits per heavy atom. The van der Waals surface area contributed by atoms with Crippen molar-refractivity contribution < 1.29 is 19.4 Å². The summed E-state index contributed by atoms with van der Waals surface area (Å²) in [5, 5.41) is 24.5. The highest BCUT2D eigenvalue weighted by atomic mass is 16.5. The molecule has 0 radical (unpaired) electrons. The first-order valence-corrected chi connectivity index (χ1v) is 9.95. The Balaban J connectivity index is 1.52. The summed E-state index contributed by atoms with van der Waals surface area (Å²) in [7, 11) is 0. The summed E-state index contributed by atoms with van der Waals surface area (Å²) < 4.78 is 11.6. The molecule has 2 N–H and O–H groups in total. The SMILES string of the molecule is CCCC(COc1ccc(-c2nn[nH]n2)cc1)C(O)COc1ccc(C(C)=O)cc1. The van der Waals surface area contributed by atoms with Crippen LogP contribution in [0.15, 0.2) is 48.5 Å². The van der Waals surface area contributed by atoms with E-state index in [0.717, 1.165) is 18.4 Å². The highest BCUT2D eigenvalue weighted by Crippen LogP contribution is 2.21. The van der Waals surface area contributed by atoms with E-state index in [1.54, 1.807) is 24.3 Å². The number of nitrogens with one attached hydrogen (secondary N) is 1. The molecule has 0 aliphatic carbocycles. The van der Waals surface area contributed by atoms with Crippen molar-refractivity contribution in [1.29, 1.82) is 0 Å². The van der Waals surface area contributed by atoms with E-state index in [1.807, 2.05) is 24.3 Å². The Morgan fingerprint density at radius 1 is 1.03 bits per heavy atom. The standard InChI is InChI=1S/C22H26N4O4/c1-3-4-18(21(28)14-30-20-9-5-16(6-10-20)15(2)27)13-29-19-11-7-17(8-12-19)22-23-25-26-24-22/h5-12,18,21,28H,3-4,13-14H2,1-2H3,(H,23,24,25,26). The normalized spacial score (nSPS) is 12.9. The van der Waals surface area contributed by atoms with Crippen LogP contribution in [0.25, 0.3) is 11.4 Å². The topological polar surface area (TPSA) is 110 Å². The van der Waals surface area contributed by atoms with Crippen LogP contribution in [0.4, 0.5) is 0 Å². The highest BCUT2D eigenvalue weighted by Gasteiger charge is 2.20. The van der Waals surface area contributed by atoms with Gasteiger partial charge in [0.15, 0.2) is 5.78 Å². The Morgan fingerprint density at radius 2 is 1.67 bits per heavy atom. The van der Waals surface area contributed by atoms with Crippen LogP contribution in [0.1, 0.15) is 37.0 Å². The fourth-order valence-electron chi connectivity index (χ4n) is 3.05. The van der Waals surface area contributed by atoms with Crippen molar-refractivity contribution in [3.8, 4) is 22.9 Å². The Labute approximate surface area is 175 Å². The third-order valence-corrected chi connectivity index (χ3v) is 4.81. The molecule has 2 aromatic carbocycles. The minimum Gasteiger partial charge on any atom is -0.493 e. The van der Waals surface area contributed by atoms with E-state index in [4.69, 9.17) is 9.47 Å². The number of Topliss-reactive ketones (excluding diaryl/α,β-unsaturated/α-hetero) is 1. The molecule has 0 aliphatic heterocycles.